The summed E-state index contributed by atoms with van der Waals surface area (Å²) in [6.07, 6.45) is 5.29. The number of aliphatic hydroxyl groups excluding tert-OH is 1. The summed E-state index contributed by atoms with van der Waals surface area (Å²) in [5.74, 6) is -2.07. The Hall–Kier alpha value is -2.58. The number of likely N-dealkylation sites (tertiary alicyclic amines) is 1. The van der Waals surface area contributed by atoms with Crippen LogP contribution in [0, 0.1) is 11.8 Å². The number of thioether (sulfide) groups is 1. The number of ether oxygens (including phenoxy) is 1. The number of hydrogen-bond acceptors (Lipinski definition) is 6. The van der Waals surface area contributed by atoms with Crippen LogP contribution in [-0.2, 0) is 25.7 Å². The molecule has 3 aliphatic heterocycles. The minimum absolute atomic E-state index is 0.0518. The zero-order valence-corrected chi connectivity index (χ0v) is 21.0. The van der Waals surface area contributed by atoms with Crippen LogP contribution >= 0.6 is 11.8 Å². The average Bonchev–Trinajstić information content (AvgIpc) is 3.40. The third-order valence-electron chi connectivity index (χ3n) is 7.55. The molecule has 3 saturated heterocycles. The third-order valence-corrected chi connectivity index (χ3v) is 9.53. The molecule has 3 aliphatic rings. The fourth-order valence-electron chi connectivity index (χ4n) is 6.11. The number of rotatable bonds is 11. The summed E-state index contributed by atoms with van der Waals surface area (Å²) in [4.78, 5) is 44.4. The molecule has 0 aromatic heterocycles. The highest BCUT2D eigenvalue weighted by atomic mass is 32.2. The van der Waals surface area contributed by atoms with Crippen LogP contribution in [0.1, 0.15) is 31.7 Å². The van der Waals surface area contributed by atoms with E-state index < -0.39 is 27.4 Å². The minimum atomic E-state index is -0.756. The topological polar surface area (TPSA) is 87.1 Å². The molecular formula is C27H34N2O5S. The van der Waals surface area contributed by atoms with Gasteiger partial charge in [0.2, 0.25) is 11.8 Å². The largest absolute Gasteiger partial charge is 0.465 e. The minimum Gasteiger partial charge on any atom is -0.465 e. The summed E-state index contributed by atoms with van der Waals surface area (Å²) in [6.45, 7) is 10.2. The van der Waals surface area contributed by atoms with E-state index in [2.05, 4.69) is 13.2 Å². The summed E-state index contributed by atoms with van der Waals surface area (Å²) < 4.78 is 4.34. The number of carbonyl (C=O) groups excluding carboxylic acids is 3. The quantitative estimate of drug-likeness (QED) is 0.287. The van der Waals surface area contributed by atoms with Crippen LogP contribution < -0.4 is 0 Å². The van der Waals surface area contributed by atoms with Gasteiger partial charge in [0.15, 0.2) is 0 Å². The molecule has 3 fully saturated rings. The monoisotopic (exact) mass is 498 g/mol. The second-order valence-electron chi connectivity index (χ2n) is 9.72. The van der Waals surface area contributed by atoms with Gasteiger partial charge in [-0.2, -0.15) is 0 Å². The molecule has 0 aliphatic carbocycles. The fourth-order valence-corrected chi connectivity index (χ4v) is 8.45. The molecule has 0 saturated carbocycles. The molecule has 1 aromatic rings. The molecule has 1 aromatic carbocycles. The molecule has 1 spiro atoms. The molecule has 2 bridgehead atoms. The van der Waals surface area contributed by atoms with E-state index in [1.807, 2.05) is 37.3 Å². The fraction of sp³-hybridized carbons (Fsp3) is 0.519. The maximum Gasteiger partial charge on any atom is 0.311 e. The van der Waals surface area contributed by atoms with Crippen molar-refractivity contribution in [2.75, 3.05) is 26.3 Å². The van der Waals surface area contributed by atoms with Gasteiger partial charge >= 0.3 is 5.97 Å². The molecule has 2 amide bonds. The van der Waals surface area contributed by atoms with Crippen LogP contribution in [0.3, 0.4) is 0 Å². The van der Waals surface area contributed by atoms with Crippen molar-refractivity contribution in [3.8, 4) is 0 Å². The van der Waals surface area contributed by atoms with E-state index in [0.29, 0.717) is 25.9 Å². The summed E-state index contributed by atoms with van der Waals surface area (Å²) in [6, 6.07) is 8.94. The molecular weight excluding hydrogens is 464 g/mol. The summed E-state index contributed by atoms with van der Waals surface area (Å²) in [5.41, 5.74) is 0.980. The number of β-amino-alcohol motifs (C(OH)–C–C–N with tert-alkyl or cyclic N) is 1. The lowest BCUT2D eigenvalue weighted by Crippen LogP contribution is -2.55. The molecule has 1 N–H and O–H groups in total. The van der Waals surface area contributed by atoms with Crippen molar-refractivity contribution < 1.29 is 24.2 Å². The Morgan fingerprint density at radius 3 is 2.66 bits per heavy atom. The number of hydrogen-bond donors (Lipinski definition) is 1. The molecule has 35 heavy (non-hydrogen) atoms. The van der Waals surface area contributed by atoms with Gasteiger partial charge in [-0.1, -0.05) is 42.5 Å². The van der Waals surface area contributed by atoms with Crippen molar-refractivity contribution >= 4 is 29.5 Å². The van der Waals surface area contributed by atoms with E-state index in [0.717, 1.165) is 12.0 Å². The molecule has 188 valence electrons. The van der Waals surface area contributed by atoms with Gasteiger partial charge in [-0.3, -0.25) is 14.4 Å². The number of fused-ring (bicyclic) bond motifs is 1. The molecule has 5 atom stereocenters. The number of esters is 1. The molecule has 3 heterocycles. The molecule has 7 nitrogen and oxygen atoms in total. The van der Waals surface area contributed by atoms with Crippen molar-refractivity contribution in [1.82, 2.24) is 9.80 Å². The van der Waals surface area contributed by atoms with Crippen LogP contribution in [0.4, 0.5) is 0 Å². The van der Waals surface area contributed by atoms with E-state index in [-0.39, 0.29) is 37.5 Å². The van der Waals surface area contributed by atoms with Crippen LogP contribution in [0.25, 0.3) is 0 Å². The first-order valence-corrected chi connectivity index (χ1v) is 13.0. The van der Waals surface area contributed by atoms with E-state index in [4.69, 9.17) is 4.74 Å². The maximum atomic E-state index is 14.1. The first-order chi connectivity index (χ1) is 16.8. The van der Waals surface area contributed by atoms with Crippen molar-refractivity contribution in [3.63, 3.8) is 0 Å². The third kappa shape index (κ3) is 4.31. The van der Waals surface area contributed by atoms with Crippen LogP contribution in [0.15, 0.2) is 55.6 Å². The van der Waals surface area contributed by atoms with Crippen LogP contribution in [0.2, 0.25) is 0 Å². The van der Waals surface area contributed by atoms with Gasteiger partial charge in [0.1, 0.15) is 6.04 Å². The lowest BCUT2D eigenvalue weighted by atomic mass is 9.66. The predicted molar refractivity (Wildman–Crippen MR) is 135 cm³/mol. The zero-order valence-electron chi connectivity index (χ0n) is 20.2. The number of benzene rings is 1. The van der Waals surface area contributed by atoms with Gasteiger partial charge < -0.3 is 19.6 Å². The van der Waals surface area contributed by atoms with Gasteiger partial charge in [0.05, 0.1) is 29.8 Å². The van der Waals surface area contributed by atoms with E-state index in [1.165, 1.54) is 4.90 Å². The standard InChI is InChI=1S/C27H34N2O5S/c1-4-6-17-34-25(33)21-20-23(31)29(15-16-30)22(27(20)13-12-26(21,3)35-27)24(32)28(14-5-2)18-19-10-8-7-9-11-19/h4-5,7-11,20-22,30H,1-2,6,12-18H2,3H3/t20-,21-,22?,26+,27?/m0/s1. The number of nitrogens with zero attached hydrogens (tertiary/aromatic N) is 2. The molecule has 0 radical (unpaired) electrons. The van der Waals surface area contributed by atoms with Gasteiger partial charge in [-0.25, -0.2) is 0 Å². The summed E-state index contributed by atoms with van der Waals surface area (Å²) in [7, 11) is 0. The van der Waals surface area contributed by atoms with Gasteiger partial charge in [0, 0.05) is 24.4 Å². The highest BCUT2D eigenvalue weighted by molar-refractivity contribution is 8.02. The van der Waals surface area contributed by atoms with Crippen LogP contribution in [0.5, 0.6) is 0 Å². The smallest absolute Gasteiger partial charge is 0.311 e. The Balaban J connectivity index is 1.69. The zero-order chi connectivity index (χ0) is 25.2. The molecule has 8 heteroatoms. The number of carbonyl (C=O) groups is 3. The second kappa shape index (κ2) is 10.2. The summed E-state index contributed by atoms with van der Waals surface area (Å²) in [5, 5.41) is 9.78. The Morgan fingerprint density at radius 2 is 2.00 bits per heavy atom. The van der Waals surface area contributed by atoms with Gasteiger partial charge in [-0.05, 0) is 31.7 Å². The van der Waals surface area contributed by atoms with Crippen molar-refractivity contribution in [3.05, 3.63) is 61.2 Å². The summed E-state index contributed by atoms with van der Waals surface area (Å²) >= 11 is 1.60. The normalized spacial score (nSPS) is 30.7. The van der Waals surface area contributed by atoms with Crippen molar-refractivity contribution in [2.45, 2.75) is 48.3 Å². The molecule has 4 rings (SSSR count). The van der Waals surface area contributed by atoms with E-state index in [1.54, 1.807) is 28.8 Å². The van der Waals surface area contributed by atoms with Gasteiger partial charge in [-0.15, -0.1) is 24.9 Å². The second-order valence-corrected chi connectivity index (χ2v) is 11.6. The average molecular weight is 499 g/mol. The first kappa shape index (κ1) is 25.5. The number of amides is 2. The highest BCUT2D eigenvalue weighted by Crippen LogP contribution is 2.71. The van der Waals surface area contributed by atoms with E-state index >= 15 is 0 Å². The Labute approximate surface area is 211 Å². The van der Waals surface area contributed by atoms with Crippen molar-refractivity contribution in [1.29, 1.82) is 0 Å². The van der Waals surface area contributed by atoms with Crippen molar-refractivity contribution in [2.24, 2.45) is 11.8 Å². The molecule has 2 unspecified atom stereocenters. The highest BCUT2D eigenvalue weighted by Gasteiger charge is 2.77. The Kier molecular flexibility index (Phi) is 7.43. The SMILES string of the molecule is C=CCCOC(=O)[C@@H]1[C@H]2C(=O)N(CCO)C(C(=O)N(CC=C)Cc3ccccc3)C23CC[C@@]1(C)S3. The van der Waals surface area contributed by atoms with Crippen LogP contribution in [-0.4, -0.2) is 74.5 Å². The Bertz CT molecular complexity index is 1000. The van der Waals surface area contributed by atoms with E-state index in [9.17, 15) is 19.5 Å². The number of aliphatic hydroxyl groups is 1. The van der Waals surface area contributed by atoms with Gasteiger partial charge in [0.25, 0.3) is 0 Å². The lowest BCUT2D eigenvalue weighted by Gasteiger charge is -2.37. The first-order valence-electron chi connectivity index (χ1n) is 12.2. The maximum absolute atomic E-state index is 14.1. The lowest BCUT2D eigenvalue weighted by molar-refractivity contribution is -0.155. The predicted octanol–water partition coefficient (Wildman–Crippen LogP) is 2.79. The Morgan fingerprint density at radius 1 is 1.26 bits per heavy atom.